The molecule has 0 bridgehead atoms. The Labute approximate surface area is 123 Å². The predicted molar refractivity (Wildman–Crippen MR) is 79.2 cm³/mol. The van der Waals surface area contributed by atoms with Crippen molar-refractivity contribution in [3.63, 3.8) is 0 Å². The number of benzene rings is 1. The summed E-state index contributed by atoms with van der Waals surface area (Å²) in [6.07, 6.45) is 7.10. The van der Waals surface area contributed by atoms with E-state index in [4.69, 9.17) is 9.47 Å². The number of ether oxygens (including phenoxy) is 2. The molecule has 1 heterocycles. The standard InChI is InChI=1S/C16H21BrO2/c17-15-7-6-13-5-4-12(9-14(13)10-15)11-19-16-3-1-2-8-18-16/h6-7,10,12,16H,1-5,8-9,11H2/t12-,16+/m0/s1. The third-order valence-electron chi connectivity index (χ3n) is 4.15. The summed E-state index contributed by atoms with van der Waals surface area (Å²) in [6.45, 7) is 1.71. The van der Waals surface area contributed by atoms with Crippen molar-refractivity contribution in [3.05, 3.63) is 33.8 Å². The highest BCUT2D eigenvalue weighted by molar-refractivity contribution is 9.10. The first kappa shape index (κ1) is 13.6. The molecule has 0 saturated carbocycles. The van der Waals surface area contributed by atoms with E-state index in [9.17, 15) is 0 Å². The van der Waals surface area contributed by atoms with Crippen molar-refractivity contribution in [1.29, 1.82) is 0 Å². The molecule has 104 valence electrons. The number of rotatable bonds is 3. The monoisotopic (exact) mass is 324 g/mol. The molecular weight excluding hydrogens is 304 g/mol. The molecule has 2 aliphatic rings. The van der Waals surface area contributed by atoms with Gasteiger partial charge in [-0.25, -0.2) is 0 Å². The highest BCUT2D eigenvalue weighted by Crippen LogP contribution is 2.28. The lowest BCUT2D eigenvalue weighted by atomic mass is 9.84. The average Bonchev–Trinajstić information content (AvgIpc) is 2.46. The Morgan fingerprint density at radius 2 is 2.16 bits per heavy atom. The fourth-order valence-electron chi connectivity index (χ4n) is 3.03. The van der Waals surface area contributed by atoms with Crippen LogP contribution in [0.2, 0.25) is 0 Å². The minimum absolute atomic E-state index is 0.0534. The van der Waals surface area contributed by atoms with E-state index in [2.05, 4.69) is 34.1 Å². The van der Waals surface area contributed by atoms with E-state index < -0.39 is 0 Å². The molecule has 0 N–H and O–H groups in total. The van der Waals surface area contributed by atoms with Gasteiger partial charge in [-0.2, -0.15) is 0 Å². The van der Waals surface area contributed by atoms with E-state index in [0.29, 0.717) is 5.92 Å². The van der Waals surface area contributed by atoms with Crippen LogP contribution in [-0.2, 0) is 22.3 Å². The highest BCUT2D eigenvalue weighted by atomic mass is 79.9. The molecule has 0 radical (unpaired) electrons. The van der Waals surface area contributed by atoms with Crippen LogP contribution >= 0.6 is 15.9 Å². The summed E-state index contributed by atoms with van der Waals surface area (Å²) in [5.41, 5.74) is 2.99. The van der Waals surface area contributed by atoms with Gasteiger partial charge < -0.3 is 9.47 Å². The van der Waals surface area contributed by atoms with Gasteiger partial charge in [0.2, 0.25) is 0 Å². The lowest BCUT2D eigenvalue weighted by Crippen LogP contribution is -2.27. The lowest BCUT2D eigenvalue weighted by molar-refractivity contribution is -0.169. The van der Waals surface area contributed by atoms with Gasteiger partial charge in [-0.1, -0.05) is 22.0 Å². The normalized spacial score (nSPS) is 27.0. The third-order valence-corrected chi connectivity index (χ3v) is 4.65. The first-order chi connectivity index (χ1) is 9.31. The molecule has 3 heteroatoms. The summed E-state index contributed by atoms with van der Waals surface area (Å²) >= 11 is 3.56. The maximum absolute atomic E-state index is 5.93. The second-order valence-electron chi connectivity index (χ2n) is 5.65. The van der Waals surface area contributed by atoms with Crippen molar-refractivity contribution in [1.82, 2.24) is 0 Å². The summed E-state index contributed by atoms with van der Waals surface area (Å²) < 4.78 is 12.7. The van der Waals surface area contributed by atoms with Gasteiger partial charge in [-0.05, 0) is 67.7 Å². The van der Waals surface area contributed by atoms with E-state index in [-0.39, 0.29) is 6.29 Å². The van der Waals surface area contributed by atoms with Gasteiger partial charge in [0.15, 0.2) is 6.29 Å². The van der Waals surface area contributed by atoms with Crippen LogP contribution in [0.15, 0.2) is 22.7 Å². The van der Waals surface area contributed by atoms with E-state index in [0.717, 1.165) is 26.1 Å². The molecule has 0 unspecified atom stereocenters. The molecular formula is C16H21BrO2. The van der Waals surface area contributed by atoms with Gasteiger partial charge >= 0.3 is 0 Å². The Morgan fingerprint density at radius 3 is 3.00 bits per heavy atom. The topological polar surface area (TPSA) is 18.5 Å². The Kier molecular flexibility index (Phi) is 4.57. The smallest absolute Gasteiger partial charge is 0.157 e. The van der Waals surface area contributed by atoms with Gasteiger partial charge in [-0.15, -0.1) is 0 Å². The van der Waals surface area contributed by atoms with E-state index >= 15 is 0 Å². The average molecular weight is 325 g/mol. The van der Waals surface area contributed by atoms with Crippen LogP contribution in [0.5, 0.6) is 0 Å². The molecule has 1 aromatic rings. The van der Waals surface area contributed by atoms with E-state index in [1.807, 2.05) is 0 Å². The number of halogens is 1. The predicted octanol–water partition coefficient (Wildman–Crippen LogP) is 4.10. The third kappa shape index (κ3) is 3.59. The second kappa shape index (κ2) is 6.38. The molecule has 1 aliphatic heterocycles. The molecule has 0 spiro atoms. The minimum atomic E-state index is 0.0534. The second-order valence-corrected chi connectivity index (χ2v) is 6.57. The zero-order valence-corrected chi connectivity index (χ0v) is 12.8. The summed E-state index contributed by atoms with van der Waals surface area (Å²) in [5.74, 6) is 0.646. The highest BCUT2D eigenvalue weighted by Gasteiger charge is 2.21. The van der Waals surface area contributed by atoms with Crippen molar-refractivity contribution < 1.29 is 9.47 Å². The SMILES string of the molecule is Brc1ccc2c(c1)C[C@@H](CO[C@@H]1CCCCO1)CC2. The van der Waals surface area contributed by atoms with Crippen LogP contribution in [0.1, 0.15) is 36.8 Å². The Hall–Kier alpha value is -0.380. The molecule has 0 amide bonds. The van der Waals surface area contributed by atoms with Crippen LogP contribution in [0, 0.1) is 5.92 Å². The van der Waals surface area contributed by atoms with E-state index in [1.54, 1.807) is 0 Å². The fourth-order valence-corrected chi connectivity index (χ4v) is 3.44. The molecule has 2 atom stereocenters. The lowest BCUT2D eigenvalue weighted by Gasteiger charge is -2.28. The fraction of sp³-hybridized carbons (Fsp3) is 0.625. The molecule has 1 aliphatic carbocycles. The Bertz CT molecular complexity index is 427. The quantitative estimate of drug-likeness (QED) is 0.833. The summed E-state index contributed by atoms with van der Waals surface area (Å²) in [5, 5.41) is 0. The Morgan fingerprint density at radius 1 is 1.21 bits per heavy atom. The summed E-state index contributed by atoms with van der Waals surface area (Å²) in [7, 11) is 0. The zero-order chi connectivity index (χ0) is 13.1. The van der Waals surface area contributed by atoms with Gasteiger partial charge in [0.25, 0.3) is 0 Å². The zero-order valence-electron chi connectivity index (χ0n) is 11.2. The first-order valence-electron chi connectivity index (χ1n) is 7.32. The molecule has 1 aromatic carbocycles. The number of hydrogen-bond acceptors (Lipinski definition) is 2. The summed E-state index contributed by atoms with van der Waals surface area (Å²) in [6, 6.07) is 6.66. The van der Waals surface area contributed by atoms with Crippen LogP contribution < -0.4 is 0 Å². The van der Waals surface area contributed by atoms with Gasteiger partial charge in [0.05, 0.1) is 6.61 Å². The van der Waals surface area contributed by atoms with Crippen LogP contribution in [0.3, 0.4) is 0 Å². The number of aryl methyl sites for hydroxylation is 1. The van der Waals surface area contributed by atoms with Crippen LogP contribution in [0.25, 0.3) is 0 Å². The first-order valence-corrected chi connectivity index (χ1v) is 8.11. The molecule has 1 saturated heterocycles. The molecule has 3 rings (SSSR count). The maximum atomic E-state index is 5.93. The van der Waals surface area contributed by atoms with Crippen molar-refractivity contribution in [2.45, 2.75) is 44.8 Å². The minimum Gasteiger partial charge on any atom is -0.353 e. The molecule has 2 nitrogen and oxygen atoms in total. The largest absolute Gasteiger partial charge is 0.353 e. The number of hydrogen-bond donors (Lipinski definition) is 0. The van der Waals surface area contributed by atoms with Crippen molar-refractivity contribution in [2.75, 3.05) is 13.2 Å². The van der Waals surface area contributed by atoms with Crippen LogP contribution in [-0.4, -0.2) is 19.5 Å². The van der Waals surface area contributed by atoms with Gasteiger partial charge in [-0.3, -0.25) is 0 Å². The van der Waals surface area contributed by atoms with Crippen molar-refractivity contribution in [2.24, 2.45) is 5.92 Å². The van der Waals surface area contributed by atoms with Crippen molar-refractivity contribution in [3.8, 4) is 0 Å². The Balaban J connectivity index is 1.53. The number of fused-ring (bicyclic) bond motifs is 1. The van der Waals surface area contributed by atoms with Gasteiger partial charge in [0.1, 0.15) is 0 Å². The summed E-state index contributed by atoms with van der Waals surface area (Å²) in [4.78, 5) is 0. The molecule has 19 heavy (non-hydrogen) atoms. The maximum Gasteiger partial charge on any atom is 0.157 e. The van der Waals surface area contributed by atoms with Crippen molar-refractivity contribution >= 4 is 15.9 Å². The van der Waals surface area contributed by atoms with E-state index in [1.165, 1.54) is 41.3 Å². The molecule has 0 aromatic heterocycles. The van der Waals surface area contributed by atoms with Crippen LogP contribution in [0.4, 0.5) is 0 Å². The molecule has 1 fully saturated rings. The van der Waals surface area contributed by atoms with Gasteiger partial charge in [0, 0.05) is 11.1 Å².